The van der Waals surface area contributed by atoms with Gasteiger partial charge in [-0.1, -0.05) is 12.1 Å². The lowest BCUT2D eigenvalue weighted by Crippen LogP contribution is -2.58. The fourth-order valence-corrected chi connectivity index (χ4v) is 3.96. The van der Waals surface area contributed by atoms with E-state index >= 15 is 0 Å². The molecule has 0 N–H and O–H groups in total. The molecule has 0 radical (unpaired) electrons. The van der Waals surface area contributed by atoms with Crippen molar-refractivity contribution in [3.63, 3.8) is 0 Å². The molecule has 2 saturated heterocycles. The van der Waals surface area contributed by atoms with Crippen LogP contribution in [-0.2, 0) is 14.3 Å². The zero-order valence-corrected chi connectivity index (χ0v) is 16.0. The highest BCUT2D eigenvalue weighted by Crippen LogP contribution is 2.40. The first-order valence-corrected chi connectivity index (χ1v) is 9.62. The second-order valence-electron chi connectivity index (χ2n) is 7.61. The number of piperazine rings is 1. The van der Waals surface area contributed by atoms with Crippen LogP contribution < -0.4 is 4.74 Å². The number of morpholine rings is 1. The van der Waals surface area contributed by atoms with Gasteiger partial charge in [0.15, 0.2) is 6.10 Å². The molecule has 0 aromatic heterocycles. The topological polar surface area (TPSA) is 62.3 Å². The Bertz CT molecular complexity index is 696. The van der Waals surface area contributed by atoms with Crippen LogP contribution in [0.5, 0.6) is 5.75 Å². The van der Waals surface area contributed by atoms with Gasteiger partial charge in [0.1, 0.15) is 12.4 Å². The molecular formula is C20H27N3O4. The maximum atomic E-state index is 13.3. The fraction of sp³-hybridized carbons (Fsp3) is 0.600. The quantitative estimate of drug-likeness (QED) is 0.785. The first-order valence-electron chi connectivity index (χ1n) is 9.62. The summed E-state index contributed by atoms with van der Waals surface area (Å²) in [6.45, 7) is 3.09. The number of rotatable bonds is 4. The summed E-state index contributed by atoms with van der Waals surface area (Å²) in [6, 6.07) is 7.46. The predicted molar refractivity (Wildman–Crippen MR) is 99.4 cm³/mol. The molecule has 1 aromatic carbocycles. The Kier molecular flexibility index (Phi) is 5.06. The fourth-order valence-electron chi connectivity index (χ4n) is 3.96. The lowest BCUT2D eigenvalue weighted by molar-refractivity contribution is -0.171. The van der Waals surface area contributed by atoms with Gasteiger partial charge in [-0.3, -0.25) is 9.59 Å². The van der Waals surface area contributed by atoms with Gasteiger partial charge < -0.3 is 24.2 Å². The van der Waals surface area contributed by atoms with E-state index in [9.17, 15) is 9.59 Å². The van der Waals surface area contributed by atoms with Gasteiger partial charge in [-0.15, -0.1) is 0 Å². The molecule has 2 atom stereocenters. The summed E-state index contributed by atoms with van der Waals surface area (Å²) in [6.07, 6.45) is 1.34. The van der Waals surface area contributed by atoms with Crippen LogP contribution in [0.4, 0.5) is 0 Å². The Labute approximate surface area is 159 Å². The van der Waals surface area contributed by atoms with Crippen molar-refractivity contribution >= 4 is 11.8 Å². The number of amides is 2. The molecule has 2 unspecified atom stereocenters. The summed E-state index contributed by atoms with van der Waals surface area (Å²) in [4.78, 5) is 31.9. The van der Waals surface area contributed by atoms with Crippen molar-refractivity contribution in [2.75, 3.05) is 46.9 Å². The SMILES string of the molecule is COc1ccc(C2C(C(=O)N3CCN(C)CC3)OCC(=O)N2C2CC2)cc1. The Morgan fingerprint density at radius 3 is 2.37 bits per heavy atom. The number of hydrogen-bond acceptors (Lipinski definition) is 5. The van der Waals surface area contributed by atoms with E-state index in [1.807, 2.05) is 34.1 Å². The molecule has 2 heterocycles. The smallest absolute Gasteiger partial charge is 0.254 e. The molecule has 3 fully saturated rings. The normalized spacial score (nSPS) is 27.0. The molecule has 1 aliphatic carbocycles. The van der Waals surface area contributed by atoms with Crippen LogP contribution in [0, 0.1) is 0 Å². The Hall–Kier alpha value is -2.12. The highest BCUT2D eigenvalue weighted by atomic mass is 16.5. The van der Waals surface area contributed by atoms with Crippen LogP contribution in [0.1, 0.15) is 24.4 Å². The summed E-state index contributed by atoms with van der Waals surface area (Å²) >= 11 is 0. The number of carbonyl (C=O) groups is 2. The minimum Gasteiger partial charge on any atom is -0.497 e. The number of methoxy groups -OCH3 is 1. The van der Waals surface area contributed by atoms with Crippen LogP contribution >= 0.6 is 0 Å². The second kappa shape index (κ2) is 7.48. The minimum atomic E-state index is -0.653. The maximum absolute atomic E-state index is 13.3. The Morgan fingerprint density at radius 2 is 1.78 bits per heavy atom. The molecule has 3 aliphatic rings. The number of nitrogens with zero attached hydrogens (tertiary/aromatic N) is 3. The number of hydrogen-bond donors (Lipinski definition) is 0. The van der Waals surface area contributed by atoms with Crippen molar-refractivity contribution < 1.29 is 19.1 Å². The molecule has 7 heteroatoms. The molecule has 7 nitrogen and oxygen atoms in total. The Morgan fingerprint density at radius 1 is 1.11 bits per heavy atom. The van der Waals surface area contributed by atoms with Gasteiger partial charge in [-0.25, -0.2) is 0 Å². The van der Waals surface area contributed by atoms with Crippen molar-refractivity contribution in [3.05, 3.63) is 29.8 Å². The molecular weight excluding hydrogens is 346 g/mol. The summed E-state index contributed by atoms with van der Waals surface area (Å²) in [5.41, 5.74) is 0.920. The molecule has 1 saturated carbocycles. The maximum Gasteiger partial charge on any atom is 0.254 e. The molecule has 4 rings (SSSR count). The first-order chi connectivity index (χ1) is 13.1. The van der Waals surface area contributed by atoms with Crippen molar-refractivity contribution in [2.24, 2.45) is 0 Å². The monoisotopic (exact) mass is 373 g/mol. The zero-order chi connectivity index (χ0) is 19.0. The average molecular weight is 373 g/mol. The van der Waals surface area contributed by atoms with Crippen LogP contribution in [-0.4, -0.2) is 85.6 Å². The van der Waals surface area contributed by atoms with Crippen LogP contribution in [0.15, 0.2) is 24.3 Å². The lowest BCUT2D eigenvalue weighted by Gasteiger charge is -2.43. The number of ether oxygens (including phenoxy) is 2. The average Bonchev–Trinajstić information content (AvgIpc) is 3.53. The van der Waals surface area contributed by atoms with Gasteiger partial charge in [0.25, 0.3) is 5.91 Å². The number of likely N-dealkylation sites (N-methyl/N-ethyl adjacent to an activating group) is 1. The third-order valence-corrected chi connectivity index (χ3v) is 5.72. The van der Waals surface area contributed by atoms with E-state index < -0.39 is 6.10 Å². The van der Waals surface area contributed by atoms with Gasteiger partial charge in [0.05, 0.1) is 13.2 Å². The summed E-state index contributed by atoms with van der Waals surface area (Å²) in [5.74, 6) is 0.713. The molecule has 27 heavy (non-hydrogen) atoms. The summed E-state index contributed by atoms with van der Waals surface area (Å²) in [5, 5.41) is 0. The summed E-state index contributed by atoms with van der Waals surface area (Å²) < 4.78 is 11.1. The molecule has 0 bridgehead atoms. The molecule has 0 spiro atoms. The van der Waals surface area contributed by atoms with Gasteiger partial charge in [-0.2, -0.15) is 0 Å². The second-order valence-corrected chi connectivity index (χ2v) is 7.61. The molecule has 1 aromatic rings. The van der Waals surface area contributed by atoms with E-state index in [2.05, 4.69) is 11.9 Å². The highest BCUT2D eigenvalue weighted by Gasteiger charge is 2.48. The van der Waals surface area contributed by atoms with Crippen LogP contribution in [0.25, 0.3) is 0 Å². The van der Waals surface area contributed by atoms with Gasteiger partial charge >= 0.3 is 0 Å². The van der Waals surface area contributed by atoms with Gasteiger partial charge in [0, 0.05) is 32.2 Å². The van der Waals surface area contributed by atoms with Crippen LogP contribution in [0.3, 0.4) is 0 Å². The van der Waals surface area contributed by atoms with Crippen molar-refractivity contribution in [1.82, 2.24) is 14.7 Å². The predicted octanol–water partition coefficient (Wildman–Crippen LogP) is 0.900. The standard InChI is InChI=1S/C20H27N3O4/c1-21-9-11-22(12-10-21)20(25)19-18(14-3-7-16(26-2)8-4-14)23(15-5-6-15)17(24)13-27-19/h3-4,7-8,15,18-19H,5-6,9-13H2,1-2H3. The van der Waals surface area contributed by atoms with E-state index in [1.54, 1.807) is 7.11 Å². The van der Waals surface area contributed by atoms with Crippen molar-refractivity contribution in [1.29, 1.82) is 0 Å². The highest BCUT2D eigenvalue weighted by molar-refractivity contribution is 5.87. The van der Waals surface area contributed by atoms with E-state index in [4.69, 9.17) is 9.47 Å². The van der Waals surface area contributed by atoms with Crippen LogP contribution in [0.2, 0.25) is 0 Å². The van der Waals surface area contributed by atoms with E-state index in [-0.39, 0.29) is 30.5 Å². The third kappa shape index (κ3) is 3.66. The van der Waals surface area contributed by atoms with Gasteiger partial charge in [0.2, 0.25) is 5.91 Å². The van der Waals surface area contributed by atoms with Crippen molar-refractivity contribution in [2.45, 2.75) is 31.0 Å². The summed E-state index contributed by atoms with van der Waals surface area (Å²) in [7, 11) is 3.69. The Balaban J connectivity index is 1.63. The number of benzene rings is 1. The van der Waals surface area contributed by atoms with E-state index in [1.165, 1.54) is 0 Å². The zero-order valence-electron chi connectivity index (χ0n) is 16.0. The number of carbonyl (C=O) groups excluding carboxylic acids is 2. The van der Waals surface area contributed by atoms with Gasteiger partial charge in [-0.05, 0) is 37.6 Å². The largest absolute Gasteiger partial charge is 0.497 e. The van der Waals surface area contributed by atoms with E-state index in [0.29, 0.717) is 13.1 Å². The molecule has 2 amide bonds. The lowest BCUT2D eigenvalue weighted by atomic mass is 9.96. The first kappa shape index (κ1) is 18.3. The molecule has 2 aliphatic heterocycles. The van der Waals surface area contributed by atoms with Crippen molar-refractivity contribution in [3.8, 4) is 5.75 Å². The molecule has 146 valence electrons. The third-order valence-electron chi connectivity index (χ3n) is 5.72. The minimum absolute atomic E-state index is 0.0120. The van der Waals surface area contributed by atoms with E-state index in [0.717, 1.165) is 37.2 Å².